The van der Waals surface area contributed by atoms with E-state index in [0.29, 0.717) is 19.4 Å². The van der Waals surface area contributed by atoms with Gasteiger partial charge in [-0.3, -0.25) is 4.79 Å². The highest BCUT2D eigenvalue weighted by Crippen LogP contribution is 2.31. The van der Waals surface area contributed by atoms with Crippen LogP contribution < -0.4 is 14.8 Å². The summed E-state index contributed by atoms with van der Waals surface area (Å²) in [7, 11) is 1.62. The van der Waals surface area contributed by atoms with Crippen molar-refractivity contribution in [2.45, 2.75) is 18.9 Å². The van der Waals surface area contributed by atoms with Gasteiger partial charge >= 0.3 is 0 Å². The Hall–Kier alpha value is -1.40. The minimum absolute atomic E-state index is 0.00441. The molecule has 2 N–H and O–H groups in total. The Labute approximate surface area is 135 Å². The number of nitrogens with one attached hydrogen (secondary N) is 1. The second-order valence-electron chi connectivity index (χ2n) is 5.36. The lowest BCUT2D eigenvalue weighted by atomic mass is 9.95. The van der Waals surface area contributed by atoms with E-state index in [0.717, 1.165) is 22.8 Å². The van der Waals surface area contributed by atoms with Crippen LogP contribution in [0.2, 0.25) is 0 Å². The zero-order chi connectivity index (χ0) is 15.9. The second-order valence-corrected chi connectivity index (χ2v) is 6.27. The van der Waals surface area contributed by atoms with Gasteiger partial charge in [0.2, 0.25) is 5.91 Å². The van der Waals surface area contributed by atoms with Crippen LogP contribution in [-0.4, -0.2) is 49.4 Å². The molecule has 5 nitrogen and oxygen atoms in total. The molecule has 2 rings (SSSR count). The van der Waals surface area contributed by atoms with Gasteiger partial charge in [0.1, 0.15) is 18.1 Å². The molecule has 0 aromatic heterocycles. The monoisotopic (exact) mass is 325 g/mol. The smallest absolute Gasteiger partial charge is 0.227 e. The van der Waals surface area contributed by atoms with Gasteiger partial charge in [-0.2, -0.15) is 11.8 Å². The molecule has 122 valence electrons. The van der Waals surface area contributed by atoms with Gasteiger partial charge in [0.05, 0.1) is 13.0 Å². The summed E-state index contributed by atoms with van der Waals surface area (Å²) >= 11 is 1.66. The number of hydrogen-bond donors (Lipinski definition) is 2. The molecule has 6 heteroatoms. The summed E-state index contributed by atoms with van der Waals surface area (Å²) in [5.74, 6) is 2.15. The van der Waals surface area contributed by atoms with Gasteiger partial charge in [-0.25, -0.2) is 0 Å². The van der Waals surface area contributed by atoms with Crippen LogP contribution in [0.3, 0.4) is 0 Å². The molecule has 1 aromatic carbocycles. The van der Waals surface area contributed by atoms with Crippen molar-refractivity contribution >= 4 is 17.7 Å². The van der Waals surface area contributed by atoms with E-state index in [-0.39, 0.29) is 24.5 Å². The fraction of sp³-hybridized carbons (Fsp3) is 0.562. The van der Waals surface area contributed by atoms with Crippen LogP contribution in [0, 0.1) is 5.92 Å². The first-order chi connectivity index (χ1) is 10.7. The third-order valence-electron chi connectivity index (χ3n) is 3.74. The first-order valence-electron chi connectivity index (χ1n) is 7.37. The largest absolute Gasteiger partial charge is 0.497 e. The molecule has 1 heterocycles. The Bertz CT molecular complexity index is 503. The molecule has 0 unspecified atom stereocenters. The number of aliphatic hydroxyl groups excluding tert-OH is 1. The van der Waals surface area contributed by atoms with Crippen molar-refractivity contribution in [3.63, 3.8) is 0 Å². The summed E-state index contributed by atoms with van der Waals surface area (Å²) < 4.78 is 10.9. The van der Waals surface area contributed by atoms with E-state index in [1.165, 1.54) is 0 Å². The van der Waals surface area contributed by atoms with Gasteiger partial charge in [0, 0.05) is 24.5 Å². The molecular formula is C16H23NO4S. The van der Waals surface area contributed by atoms with Crippen molar-refractivity contribution in [1.82, 2.24) is 5.32 Å². The third kappa shape index (κ3) is 4.30. The zero-order valence-corrected chi connectivity index (χ0v) is 13.8. The molecule has 1 aliphatic rings. The number of rotatable bonds is 7. The Kier molecular flexibility index (Phi) is 6.39. The van der Waals surface area contributed by atoms with Gasteiger partial charge < -0.3 is 19.9 Å². The van der Waals surface area contributed by atoms with Crippen LogP contribution in [-0.2, 0) is 11.2 Å². The van der Waals surface area contributed by atoms with Crippen molar-refractivity contribution in [2.75, 3.05) is 32.3 Å². The Morgan fingerprint density at radius 3 is 3.09 bits per heavy atom. The van der Waals surface area contributed by atoms with Crippen molar-refractivity contribution in [1.29, 1.82) is 0 Å². The highest BCUT2D eigenvalue weighted by atomic mass is 32.2. The summed E-state index contributed by atoms with van der Waals surface area (Å²) in [4.78, 5) is 12.4. The SMILES string of the molecule is COc1ccc2c(c1)OC[C@H](C(=O)N[C@H](CCO)CSC)C2. The van der Waals surface area contributed by atoms with E-state index < -0.39 is 0 Å². The van der Waals surface area contributed by atoms with Gasteiger partial charge in [0.15, 0.2) is 0 Å². The molecule has 2 atom stereocenters. The molecule has 1 aliphatic heterocycles. The number of amides is 1. The number of methoxy groups -OCH3 is 1. The standard InChI is InChI=1S/C16H23NO4S/c1-20-14-4-3-11-7-12(9-21-15(11)8-14)16(19)17-13(5-6-18)10-22-2/h3-4,8,12-13,18H,5-7,9-10H2,1-2H3,(H,17,19)/t12-,13-/m1/s1. The molecule has 0 saturated carbocycles. The summed E-state index contributed by atoms with van der Waals surface area (Å²) in [5.41, 5.74) is 1.02. The van der Waals surface area contributed by atoms with E-state index in [9.17, 15) is 4.79 Å². The topological polar surface area (TPSA) is 67.8 Å². The highest BCUT2D eigenvalue weighted by Gasteiger charge is 2.27. The molecule has 0 saturated heterocycles. The van der Waals surface area contributed by atoms with Crippen LogP contribution in [0.4, 0.5) is 0 Å². The number of fused-ring (bicyclic) bond motifs is 1. The molecule has 0 radical (unpaired) electrons. The van der Waals surface area contributed by atoms with E-state index in [2.05, 4.69) is 5.32 Å². The van der Waals surface area contributed by atoms with Crippen molar-refractivity contribution in [2.24, 2.45) is 5.92 Å². The molecule has 0 aliphatic carbocycles. The second kappa shape index (κ2) is 8.29. The van der Waals surface area contributed by atoms with Gasteiger partial charge in [-0.15, -0.1) is 0 Å². The minimum atomic E-state index is -0.191. The summed E-state index contributed by atoms with van der Waals surface area (Å²) in [5, 5.41) is 12.1. The van der Waals surface area contributed by atoms with Crippen molar-refractivity contribution < 1.29 is 19.4 Å². The van der Waals surface area contributed by atoms with Crippen molar-refractivity contribution in [3.05, 3.63) is 23.8 Å². The number of benzene rings is 1. The number of aliphatic hydroxyl groups is 1. The summed E-state index contributed by atoms with van der Waals surface area (Å²) in [6, 6.07) is 5.68. The van der Waals surface area contributed by atoms with E-state index in [1.54, 1.807) is 18.9 Å². The van der Waals surface area contributed by atoms with E-state index in [1.807, 2.05) is 24.5 Å². The van der Waals surface area contributed by atoms with Gasteiger partial charge in [0.25, 0.3) is 0 Å². The lowest BCUT2D eigenvalue weighted by Gasteiger charge is -2.27. The lowest BCUT2D eigenvalue weighted by Crippen LogP contribution is -2.44. The number of carbonyl (C=O) groups is 1. The van der Waals surface area contributed by atoms with E-state index >= 15 is 0 Å². The summed E-state index contributed by atoms with van der Waals surface area (Å²) in [6.45, 7) is 0.451. The average Bonchev–Trinajstić information content (AvgIpc) is 2.54. The minimum Gasteiger partial charge on any atom is -0.497 e. The van der Waals surface area contributed by atoms with Crippen LogP contribution in [0.15, 0.2) is 18.2 Å². The Balaban J connectivity index is 1.97. The number of carbonyl (C=O) groups excluding carboxylic acids is 1. The number of thioether (sulfide) groups is 1. The summed E-state index contributed by atoms with van der Waals surface area (Å²) in [6.07, 6.45) is 3.23. The van der Waals surface area contributed by atoms with Gasteiger partial charge in [-0.05, 0) is 30.7 Å². The zero-order valence-electron chi connectivity index (χ0n) is 13.0. The first kappa shape index (κ1) is 17.0. The molecule has 1 amide bonds. The van der Waals surface area contributed by atoms with Crippen LogP contribution in [0.5, 0.6) is 11.5 Å². The van der Waals surface area contributed by atoms with Crippen LogP contribution in [0.1, 0.15) is 12.0 Å². The predicted octanol–water partition coefficient (Wildman–Crippen LogP) is 1.48. The number of ether oxygens (including phenoxy) is 2. The van der Waals surface area contributed by atoms with Crippen LogP contribution >= 0.6 is 11.8 Å². The van der Waals surface area contributed by atoms with Gasteiger partial charge in [-0.1, -0.05) is 6.07 Å². The molecule has 0 bridgehead atoms. The maximum atomic E-state index is 12.4. The average molecular weight is 325 g/mol. The molecule has 0 fully saturated rings. The lowest BCUT2D eigenvalue weighted by molar-refractivity contribution is -0.126. The highest BCUT2D eigenvalue weighted by molar-refractivity contribution is 7.98. The molecule has 0 spiro atoms. The normalized spacial score (nSPS) is 18.0. The Morgan fingerprint density at radius 2 is 2.41 bits per heavy atom. The fourth-order valence-electron chi connectivity index (χ4n) is 2.52. The quantitative estimate of drug-likeness (QED) is 0.795. The fourth-order valence-corrected chi connectivity index (χ4v) is 3.17. The Morgan fingerprint density at radius 1 is 1.59 bits per heavy atom. The predicted molar refractivity (Wildman–Crippen MR) is 87.7 cm³/mol. The number of hydrogen-bond acceptors (Lipinski definition) is 5. The third-order valence-corrected chi connectivity index (χ3v) is 4.48. The van der Waals surface area contributed by atoms with E-state index in [4.69, 9.17) is 14.6 Å². The maximum absolute atomic E-state index is 12.4. The molecule has 1 aromatic rings. The first-order valence-corrected chi connectivity index (χ1v) is 8.77. The van der Waals surface area contributed by atoms with Crippen LogP contribution in [0.25, 0.3) is 0 Å². The van der Waals surface area contributed by atoms with Crippen molar-refractivity contribution in [3.8, 4) is 11.5 Å². The molecular weight excluding hydrogens is 302 g/mol. The maximum Gasteiger partial charge on any atom is 0.227 e. The molecule has 22 heavy (non-hydrogen) atoms.